The van der Waals surface area contributed by atoms with Gasteiger partial charge in [0.25, 0.3) is 5.84 Å². The number of benzene rings is 3. The number of aromatic nitrogens is 3. The highest BCUT2D eigenvalue weighted by Crippen LogP contribution is 2.12. The number of hydrazone groups is 1. The summed E-state index contributed by atoms with van der Waals surface area (Å²) in [6, 6.07) is 27.3. The molecule has 1 heterocycles. The minimum Gasteiger partial charge on any atom is -0.460 e. The molecular weight excluding hydrogens is 472 g/mol. The Labute approximate surface area is 213 Å². The van der Waals surface area contributed by atoms with Crippen LogP contribution in [0.5, 0.6) is 0 Å². The van der Waals surface area contributed by atoms with Crippen LogP contribution < -0.4 is 11.0 Å². The third kappa shape index (κ3) is 5.99. The molecule has 0 radical (unpaired) electrons. The van der Waals surface area contributed by atoms with Crippen molar-refractivity contribution in [1.82, 2.24) is 14.3 Å². The topological polar surface area (TPSA) is 112 Å². The van der Waals surface area contributed by atoms with Gasteiger partial charge in [-0.1, -0.05) is 54.6 Å². The van der Waals surface area contributed by atoms with Crippen LogP contribution in [0, 0.1) is 0 Å². The van der Waals surface area contributed by atoms with E-state index < -0.39 is 11.9 Å². The van der Waals surface area contributed by atoms with Gasteiger partial charge in [0.2, 0.25) is 11.4 Å². The molecule has 3 aromatic carbocycles. The van der Waals surface area contributed by atoms with E-state index in [1.54, 1.807) is 50.2 Å². The molecule has 4 aromatic rings. The van der Waals surface area contributed by atoms with Gasteiger partial charge in [0.1, 0.15) is 0 Å². The fraction of sp³-hybridized carbons (Fsp3) is 0.148. The zero-order valence-corrected chi connectivity index (χ0v) is 20.4. The van der Waals surface area contributed by atoms with E-state index in [0.717, 1.165) is 0 Å². The van der Waals surface area contributed by atoms with Crippen LogP contribution in [0.1, 0.15) is 24.5 Å². The summed E-state index contributed by atoms with van der Waals surface area (Å²) in [6.45, 7) is 3.70. The van der Waals surface area contributed by atoms with Gasteiger partial charge in [-0.3, -0.25) is 9.99 Å². The van der Waals surface area contributed by atoms with Gasteiger partial charge < -0.3 is 9.47 Å². The summed E-state index contributed by atoms with van der Waals surface area (Å²) in [4.78, 5) is 30.4. The molecular formula is C27H26N6O4. The predicted molar refractivity (Wildman–Crippen MR) is 139 cm³/mol. The van der Waals surface area contributed by atoms with Crippen molar-refractivity contribution in [2.24, 2.45) is 10.1 Å². The minimum atomic E-state index is -0.746. The molecule has 0 aliphatic heterocycles. The third-order valence-corrected chi connectivity index (χ3v) is 5.00. The Morgan fingerprint density at radius 3 is 1.97 bits per heavy atom. The van der Waals surface area contributed by atoms with E-state index in [1.165, 1.54) is 9.25 Å². The lowest BCUT2D eigenvalue weighted by atomic mass is 10.3. The standard InChI is InChI=1S/C27H26N6O4/c1-3-36-25(34)23(30-29-20-14-8-5-9-15-20)28-27-32(21-16-10-6-11-17-21)24(26(35)37-4-2)31-33(27)22-18-12-7-13-19-22/h5-19,29H,3-4H2,1-2H3. The molecule has 0 saturated heterocycles. The first-order chi connectivity index (χ1) is 18.1. The molecule has 10 nitrogen and oxygen atoms in total. The molecule has 0 aliphatic rings. The zero-order chi connectivity index (χ0) is 26.0. The van der Waals surface area contributed by atoms with Gasteiger partial charge in [0.15, 0.2) is 0 Å². The molecule has 188 valence electrons. The van der Waals surface area contributed by atoms with E-state index in [0.29, 0.717) is 17.1 Å². The third-order valence-electron chi connectivity index (χ3n) is 5.00. The molecule has 0 atom stereocenters. The van der Waals surface area contributed by atoms with E-state index in [4.69, 9.17) is 9.47 Å². The van der Waals surface area contributed by atoms with Crippen LogP contribution in [0.25, 0.3) is 11.4 Å². The molecule has 0 amide bonds. The smallest absolute Gasteiger partial charge is 0.378 e. The molecule has 37 heavy (non-hydrogen) atoms. The number of esters is 2. The Hall–Kier alpha value is -4.99. The van der Waals surface area contributed by atoms with Crippen LogP contribution in [-0.4, -0.2) is 45.3 Å². The Morgan fingerprint density at radius 1 is 0.811 bits per heavy atom. The minimum absolute atomic E-state index is 0.0186. The van der Waals surface area contributed by atoms with Gasteiger partial charge in [-0.25, -0.2) is 9.59 Å². The van der Waals surface area contributed by atoms with Gasteiger partial charge in [0, 0.05) is 0 Å². The van der Waals surface area contributed by atoms with E-state index >= 15 is 0 Å². The number of nitrogens with one attached hydrogen (secondary N) is 1. The number of carbonyl (C=O) groups excluding carboxylic acids is 2. The second-order valence-corrected chi connectivity index (χ2v) is 7.51. The van der Waals surface area contributed by atoms with E-state index in [2.05, 4.69) is 20.6 Å². The number of anilines is 1. The van der Waals surface area contributed by atoms with Crippen LogP contribution in [0.4, 0.5) is 5.69 Å². The maximum absolute atomic E-state index is 13.0. The number of para-hydroxylation sites is 3. The molecule has 0 bridgehead atoms. The average molecular weight is 499 g/mol. The lowest BCUT2D eigenvalue weighted by Crippen LogP contribution is -2.30. The highest BCUT2D eigenvalue weighted by atomic mass is 16.5. The van der Waals surface area contributed by atoms with Crippen molar-refractivity contribution in [3.05, 3.63) is 102 Å². The summed E-state index contributed by atoms with van der Waals surface area (Å²) in [5.74, 6) is -1.67. The number of ether oxygens (including phenoxy) is 2. The van der Waals surface area contributed by atoms with Crippen molar-refractivity contribution < 1.29 is 19.1 Å². The number of hydrogen-bond acceptors (Lipinski definition) is 7. The fourth-order valence-electron chi connectivity index (χ4n) is 3.39. The van der Waals surface area contributed by atoms with Gasteiger partial charge in [-0.2, -0.15) is 9.67 Å². The van der Waals surface area contributed by atoms with Gasteiger partial charge in [-0.05, 0) is 50.2 Å². The van der Waals surface area contributed by atoms with E-state index in [-0.39, 0.29) is 30.5 Å². The zero-order valence-electron chi connectivity index (χ0n) is 20.4. The summed E-state index contributed by atoms with van der Waals surface area (Å²) in [5.41, 5.74) is 4.83. The Bertz CT molecular complexity index is 1440. The molecule has 0 unspecified atom stereocenters. The maximum atomic E-state index is 13.0. The van der Waals surface area contributed by atoms with Gasteiger partial charge in [-0.15, -0.1) is 10.2 Å². The van der Waals surface area contributed by atoms with Crippen molar-refractivity contribution in [2.75, 3.05) is 18.6 Å². The summed E-state index contributed by atoms with van der Waals surface area (Å²) >= 11 is 0. The van der Waals surface area contributed by atoms with Crippen molar-refractivity contribution in [3.8, 4) is 11.4 Å². The lowest BCUT2D eigenvalue weighted by molar-refractivity contribution is -0.135. The quantitative estimate of drug-likeness (QED) is 0.180. The Morgan fingerprint density at radius 2 is 1.38 bits per heavy atom. The summed E-state index contributed by atoms with van der Waals surface area (Å²) < 4.78 is 13.5. The molecule has 1 aromatic heterocycles. The maximum Gasteiger partial charge on any atom is 0.378 e. The second kappa shape index (κ2) is 12.1. The highest BCUT2D eigenvalue weighted by Gasteiger charge is 2.24. The summed E-state index contributed by atoms with van der Waals surface area (Å²) in [7, 11) is 0. The number of carbonyl (C=O) groups is 2. The molecule has 4 rings (SSSR count). The number of rotatable bonds is 7. The van der Waals surface area contributed by atoms with E-state index in [1.807, 2.05) is 54.6 Å². The van der Waals surface area contributed by atoms with Crippen LogP contribution in [-0.2, 0) is 14.3 Å². The van der Waals surface area contributed by atoms with E-state index in [9.17, 15) is 9.59 Å². The van der Waals surface area contributed by atoms with Crippen molar-refractivity contribution in [3.63, 3.8) is 0 Å². The molecule has 10 heteroatoms. The Balaban J connectivity index is 2.00. The number of amidine groups is 1. The van der Waals surface area contributed by atoms with Crippen LogP contribution >= 0.6 is 0 Å². The first-order valence-electron chi connectivity index (χ1n) is 11.7. The second-order valence-electron chi connectivity index (χ2n) is 7.51. The van der Waals surface area contributed by atoms with Crippen LogP contribution in [0.2, 0.25) is 0 Å². The monoisotopic (exact) mass is 498 g/mol. The summed E-state index contributed by atoms with van der Waals surface area (Å²) in [6.07, 6.45) is 0. The first kappa shape index (κ1) is 25.1. The SMILES string of the molecule is CCOC(=O)C(=NNc1ccccc1)N=c1n(-c2ccccc2)nc(C(=O)OCC)n1-c1ccccc1. The Kier molecular flexibility index (Phi) is 8.22. The largest absolute Gasteiger partial charge is 0.460 e. The highest BCUT2D eigenvalue weighted by molar-refractivity contribution is 6.35. The van der Waals surface area contributed by atoms with Gasteiger partial charge >= 0.3 is 11.9 Å². The fourth-order valence-corrected chi connectivity index (χ4v) is 3.39. The first-order valence-corrected chi connectivity index (χ1v) is 11.7. The number of hydrogen-bond donors (Lipinski definition) is 1. The predicted octanol–water partition coefficient (Wildman–Crippen LogP) is 3.73. The van der Waals surface area contributed by atoms with Crippen LogP contribution in [0.3, 0.4) is 0 Å². The molecule has 0 spiro atoms. The molecule has 0 fully saturated rings. The van der Waals surface area contributed by atoms with Crippen molar-refractivity contribution in [2.45, 2.75) is 13.8 Å². The summed E-state index contributed by atoms with van der Waals surface area (Å²) in [5, 5.41) is 8.76. The molecule has 1 N–H and O–H groups in total. The average Bonchev–Trinajstić information content (AvgIpc) is 3.32. The van der Waals surface area contributed by atoms with Crippen molar-refractivity contribution in [1.29, 1.82) is 0 Å². The molecule has 0 aliphatic carbocycles. The van der Waals surface area contributed by atoms with Gasteiger partial charge in [0.05, 0.1) is 30.3 Å². The lowest BCUT2D eigenvalue weighted by Gasteiger charge is -2.08. The molecule has 0 saturated carbocycles. The number of nitrogens with zero attached hydrogens (tertiary/aromatic N) is 5. The van der Waals surface area contributed by atoms with Crippen molar-refractivity contribution >= 4 is 23.5 Å². The van der Waals surface area contributed by atoms with Crippen LogP contribution in [0.15, 0.2) is 101 Å². The normalized spacial score (nSPS) is 11.7.